The monoisotopic (exact) mass is 497 g/mol. The molecule has 2 N–H and O–H groups in total. The van der Waals surface area contributed by atoms with Crippen molar-refractivity contribution in [3.05, 3.63) is 94.5 Å². The first-order chi connectivity index (χ1) is 16.0. The first-order valence-corrected chi connectivity index (χ1v) is 11.2. The summed E-state index contributed by atoms with van der Waals surface area (Å²) in [6.07, 6.45) is -0.849. The lowest BCUT2D eigenvalue weighted by molar-refractivity contribution is 0.0681. The molecule has 3 aromatic rings. The molecule has 0 saturated heterocycles. The summed E-state index contributed by atoms with van der Waals surface area (Å²) in [6, 6.07) is 18.6. The normalized spacial score (nSPS) is 11.8. The number of carbonyl (C=O) groups excluding carboxylic acids is 2. The van der Waals surface area contributed by atoms with Crippen LogP contribution in [-0.4, -0.2) is 29.1 Å². The first kappa shape index (κ1) is 28.1. The van der Waals surface area contributed by atoms with Crippen LogP contribution in [0.4, 0.5) is 0 Å². The average molecular weight is 498 g/mol. The summed E-state index contributed by atoms with van der Waals surface area (Å²) in [7, 11) is 0. The van der Waals surface area contributed by atoms with E-state index in [1.807, 2.05) is 58.9 Å². The molecule has 0 aromatic heterocycles. The molecule has 6 nitrogen and oxygen atoms in total. The van der Waals surface area contributed by atoms with Gasteiger partial charge < -0.3 is 19.9 Å². The Balaban J connectivity index is 0.00000432. The third kappa shape index (κ3) is 8.21. The van der Waals surface area contributed by atoms with E-state index in [1.54, 1.807) is 30.3 Å². The lowest BCUT2D eigenvalue weighted by Gasteiger charge is -2.23. The van der Waals surface area contributed by atoms with E-state index in [0.29, 0.717) is 23.2 Å². The van der Waals surface area contributed by atoms with Gasteiger partial charge in [-0.2, -0.15) is 0 Å². The Kier molecular flexibility index (Phi) is 9.60. The molecule has 0 aliphatic carbocycles. The van der Waals surface area contributed by atoms with Crippen LogP contribution in [0.15, 0.2) is 66.7 Å². The number of β-amino-alcohol motifs (C(OH)–C–C–N with tert-alkyl or cyclic N) is 1. The Morgan fingerprint density at radius 1 is 0.800 bits per heavy atom. The third-order valence-electron chi connectivity index (χ3n) is 5.16. The van der Waals surface area contributed by atoms with Crippen LogP contribution in [0.1, 0.15) is 64.3 Å². The smallest absolute Gasteiger partial charge is 0.343 e. The number of rotatable bonds is 7. The van der Waals surface area contributed by atoms with Gasteiger partial charge in [-0.3, -0.25) is 0 Å². The van der Waals surface area contributed by atoms with Crippen LogP contribution >= 0.6 is 12.4 Å². The zero-order chi connectivity index (χ0) is 24.9. The molecule has 0 spiro atoms. The van der Waals surface area contributed by atoms with Crippen LogP contribution < -0.4 is 14.8 Å². The first-order valence-electron chi connectivity index (χ1n) is 11.2. The maximum absolute atomic E-state index is 12.8. The number of nitrogens with one attached hydrogen (secondary N) is 1. The molecule has 7 heteroatoms. The highest BCUT2D eigenvalue weighted by molar-refractivity contribution is 5.93. The molecular formula is C28H32ClNO5. The van der Waals surface area contributed by atoms with Crippen molar-refractivity contribution in [2.24, 2.45) is 0 Å². The van der Waals surface area contributed by atoms with E-state index in [4.69, 9.17) is 9.47 Å². The molecule has 0 fully saturated rings. The minimum absolute atomic E-state index is 0. The molecule has 0 heterocycles. The van der Waals surface area contributed by atoms with E-state index in [2.05, 4.69) is 5.32 Å². The van der Waals surface area contributed by atoms with Gasteiger partial charge in [0.25, 0.3) is 0 Å². The van der Waals surface area contributed by atoms with Crippen LogP contribution in [-0.2, 0) is 0 Å². The van der Waals surface area contributed by atoms with E-state index in [-0.39, 0.29) is 29.4 Å². The molecule has 35 heavy (non-hydrogen) atoms. The van der Waals surface area contributed by atoms with Crippen LogP contribution in [0.3, 0.4) is 0 Å². The SMILES string of the molecule is Cc1ccc(C(=O)Oc2ccc(C(O)CNC(C)(C)C)cc2OC(=O)c2ccc(C)cc2)cc1.Cl. The Labute approximate surface area is 212 Å². The number of aliphatic hydroxyl groups excluding tert-OH is 1. The van der Waals surface area contributed by atoms with Crippen molar-refractivity contribution in [1.82, 2.24) is 5.32 Å². The van der Waals surface area contributed by atoms with Crippen LogP contribution in [0.25, 0.3) is 0 Å². The van der Waals surface area contributed by atoms with Crippen molar-refractivity contribution >= 4 is 24.3 Å². The second-order valence-corrected chi connectivity index (χ2v) is 9.36. The molecule has 0 radical (unpaired) electrons. The summed E-state index contributed by atoms with van der Waals surface area (Å²) < 4.78 is 11.2. The lowest BCUT2D eigenvalue weighted by Crippen LogP contribution is -2.38. The number of aliphatic hydroxyl groups is 1. The van der Waals surface area contributed by atoms with Gasteiger partial charge in [0.15, 0.2) is 11.5 Å². The standard InChI is InChI=1S/C28H31NO5.ClH/c1-18-6-10-20(11-7-18)26(31)33-24-15-14-22(23(30)17-29-28(3,4)5)16-25(24)34-27(32)21-12-8-19(2)9-13-21;/h6-16,23,29-30H,17H2,1-5H3;1H. The van der Waals surface area contributed by atoms with Gasteiger partial charge in [0.2, 0.25) is 0 Å². The van der Waals surface area contributed by atoms with Crippen molar-refractivity contribution in [2.75, 3.05) is 6.54 Å². The maximum Gasteiger partial charge on any atom is 0.343 e. The average Bonchev–Trinajstić information content (AvgIpc) is 2.79. The van der Waals surface area contributed by atoms with E-state index < -0.39 is 18.0 Å². The predicted molar refractivity (Wildman–Crippen MR) is 139 cm³/mol. The van der Waals surface area contributed by atoms with Gasteiger partial charge in [0.05, 0.1) is 17.2 Å². The van der Waals surface area contributed by atoms with Gasteiger partial charge in [-0.15, -0.1) is 12.4 Å². The number of hydrogen-bond donors (Lipinski definition) is 2. The van der Waals surface area contributed by atoms with Crippen LogP contribution in [0.5, 0.6) is 11.5 Å². The minimum atomic E-state index is -0.849. The van der Waals surface area contributed by atoms with Gasteiger partial charge >= 0.3 is 11.9 Å². The molecule has 0 aliphatic rings. The van der Waals surface area contributed by atoms with Gasteiger partial charge in [-0.25, -0.2) is 9.59 Å². The summed E-state index contributed by atoms with van der Waals surface area (Å²) in [6.45, 7) is 10.2. The Bertz CT molecular complexity index is 1150. The Morgan fingerprint density at radius 2 is 1.26 bits per heavy atom. The molecule has 3 rings (SSSR count). The number of benzene rings is 3. The quantitative estimate of drug-likeness (QED) is 0.327. The lowest BCUT2D eigenvalue weighted by atomic mass is 10.1. The molecular weight excluding hydrogens is 466 g/mol. The van der Waals surface area contributed by atoms with Crippen molar-refractivity contribution < 1.29 is 24.2 Å². The van der Waals surface area contributed by atoms with Gasteiger partial charge in [0, 0.05) is 12.1 Å². The highest BCUT2D eigenvalue weighted by Gasteiger charge is 2.20. The van der Waals surface area contributed by atoms with E-state index in [9.17, 15) is 14.7 Å². The van der Waals surface area contributed by atoms with Crippen molar-refractivity contribution in [3.63, 3.8) is 0 Å². The van der Waals surface area contributed by atoms with Crippen molar-refractivity contribution in [2.45, 2.75) is 46.3 Å². The molecule has 0 saturated carbocycles. The van der Waals surface area contributed by atoms with Crippen LogP contribution in [0.2, 0.25) is 0 Å². The maximum atomic E-state index is 12.8. The summed E-state index contributed by atoms with van der Waals surface area (Å²) in [5.74, 6) is -1.02. The molecule has 0 amide bonds. The molecule has 3 aromatic carbocycles. The topological polar surface area (TPSA) is 84.9 Å². The van der Waals surface area contributed by atoms with Gasteiger partial charge in [-0.05, 0) is 76.6 Å². The second kappa shape index (κ2) is 12.0. The summed E-state index contributed by atoms with van der Waals surface area (Å²) in [5.41, 5.74) is 3.12. The summed E-state index contributed by atoms with van der Waals surface area (Å²) >= 11 is 0. The highest BCUT2D eigenvalue weighted by Crippen LogP contribution is 2.32. The third-order valence-corrected chi connectivity index (χ3v) is 5.16. The summed E-state index contributed by atoms with van der Waals surface area (Å²) in [4.78, 5) is 25.5. The molecule has 1 atom stereocenters. The number of aryl methyl sites for hydroxylation is 2. The zero-order valence-electron chi connectivity index (χ0n) is 20.6. The highest BCUT2D eigenvalue weighted by atomic mass is 35.5. The molecule has 186 valence electrons. The minimum Gasteiger partial charge on any atom is -0.419 e. The number of hydrogen-bond acceptors (Lipinski definition) is 6. The molecule has 0 bridgehead atoms. The van der Waals surface area contributed by atoms with E-state index >= 15 is 0 Å². The van der Waals surface area contributed by atoms with E-state index in [0.717, 1.165) is 11.1 Å². The number of esters is 2. The number of halogens is 1. The second-order valence-electron chi connectivity index (χ2n) is 9.36. The largest absolute Gasteiger partial charge is 0.419 e. The molecule has 1 unspecified atom stereocenters. The fraction of sp³-hybridized carbons (Fsp3) is 0.286. The van der Waals surface area contributed by atoms with Gasteiger partial charge in [0.1, 0.15) is 0 Å². The molecule has 0 aliphatic heterocycles. The number of carbonyl (C=O) groups is 2. The predicted octanol–water partition coefficient (Wildman–Crippen LogP) is 5.59. The van der Waals surface area contributed by atoms with E-state index in [1.165, 1.54) is 12.1 Å². The zero-order valence-corrected chi connectivity index (χ0v) is 21.4. The number of ether oxygens (including phenoxy) is 2. The Morgan fingerprint density at radius 3 is 1.71 bits per heavy atom. The van der Waals surface area contributed by atoms with Crippen LogP contribution in [0, 0.1) is 13.8 Å². The fourth-order valence-electron chi connectivity index (χ4n) is 3.11. The van der Waals surface area contributed by atoms with Crippen molar-refractivity contribution in [1.29, 1.82) is 0 Å². The van der Waals surface area contributed by atoms with Crippen molar-refractivity contribution in [3.8, 4) is 11.5 Å². The van der Waals surface area contributed by atoms with Gasteiger partial charge in [-0.1, -0.05) is 41.5 Å². The summed E-state index contributed by atoms with van der Waals surface area (Å²) in [5, 5.41) is 13.9. The Hall–Kier alpha value is -3.19. The fourth-order valence-corrected chi connectivity index (χ4v) is 3.11.